The third-order valence-electron chi connectivity index (χ3n) is 5.17. The minimum atomic E-state index is -0.757. The number of esters is 2. The van der Waals surface area contributed by atoms with E-state index in [9.17, 15) is 29.1 Å². The minimum Gasteiger partial charge on any atom is -1.00 e. The zero-order chi connectivity index (χ0) is 29.6. The number of carbonyl (C=O) groups is 5. The van der Waals surface area contributed by atoms with Gasteiger partial charge in [0.2, 0.25) is 11.6 Å². The van der Waals surface area contributed by atoms with E-state index in [2.05, 4.69) is 9.47 Å². The van der Waals surface area contributed by atoms with Gasteiger partial charge in [0, 0.05) is 18.1 Å². The summed E-state index contributed by atoms with van der Waals surface area (Å²) in [6.07, 6.45) is -0.504. The van der Waals surface area contributed by atoms with Crippen molar-refractivity contribution in [2.75, 3.05) is 40.5 Å². The molecular weight excluding hydrogens is 542 g/mol. The van der Waals surface area contributed by atoms with Crippen LogP contribution in [0.25, 0.3) is 0 Å². The third-order valence-corrected chi connectivity index (χ3v) is 5.17. The van der Waals surface area contributed by atoms with Crippen LogP contribution < -0.4 is 22.0 Å². The number of likely N-dealkylation sites (N-methyl/N-ethyl adjacent to an activating group) is 1. The van der Waals surface area contributed by atoms with E-state index in [-0.39, 0.29) is 38.0 Å². The molecule has 0 bridgehead atoms. The number of ether oxygens (including phenoxy) is 3. The Morgan fingerprint density at radius 3 is 1.93 bits per heavy atom. The van der Waals surface area contributed by atoms with Crippen molar-refractivity contribution in [3.63, 3.8) is 0 Å². The summed E-state index contributed by atoms with van der Waals surface area (Å²) in [5.41, 5.74) is 0.703. The van der Waals surface area contributed by atoms with Gasteiger partial charge >= 0.3 is 11.9 Å². The van der Waals surface area contributed by atoms with Crippen molar-refractivity contribution in [2.45, 2.75) is 33.8 Å². The number of carbonyl (C=O) groups excluding carboxylic acids is 5. The number of quaternary nitrogens is 1. The summed E-state index contributed by atoms with van der Waals surface area (Å²) in [5.74, 6) is -1.78. The highest BCUT2D eigenvalue weighted by Gasteiger charge is 2.41. The Morgan fingerprint density at radius 2 is 1.55 bits per heavy atom. The van der Waals surface area contributed by atoms with Crippen molar-refractivity contribution < 1.29 is 60.6 Å². The molecule has 1 aliphatic rings. The van der Waals surface area contributed by atoms with E-state index in [4.69, 9.17) is 4.74 Å². The molecule has 1 heterocycles. The van der Waals surface area contributed by atoms with E-state index in [1.54, 1.807) is 57.2 Å². The summed E-state index contributed by atoms with van der Waals surface area (Å²) in [6.45, 7) is 7.59. The maximum absolute atomic E-state index is 12.3. The molecule has 3 rings (SSSR count). The smallest absolute Gasteiger partial charge is 0.375 e. The monoisotopic (exact) mass is 579 g/mol. The van der Waals surface area contributed by atoms with Gasteiger partial charge in [-0.15, -0.1) is 0 Å². The molecule has 2 N–H and O–H groups in total. The van der Waals surface area contributed by atoms with Crippen LogP contribution in [0.15, 0.2) is 54.6 Å². The van der Waals surface area contributed by atoms with Crippen molar-refractivity contribution in [3.05, 3.63) is 65.7 Å². The second-order valence-corrected chi connectivity index (χ2v) is 9.66. The van der Waals surface area contributed by atoms with Gasteiger partial charge in [0.15, 0.2) is 5.78 Å². The molecule has 2 aromatic rings. The lowest BCUT2D eigenvalue weighted by molar-refractivity contribution is -0.861. The first-order chi connectivity index (χ1) is 18.3. The van der Waals surface area contributed by atoms with Crippen molar-refractivity contribution >= 4 is 29.3 Å². The Hall–Kier alpha value is -3.60. The zero-order valence-corrected chi connectivity index (χ0v) is 24.4. The predicted octanol–water partition coefficient (Wildman–Crippen LogP) is -1.92. The third kappa shape index (κ3) is 13.0. The first-order valence-electron chi connectivity index (χ1n) is 12.5. The highest BCUT2D eigenvalue weighted by molar-refractivity contribution is 6.37. The van der Waals surface area contributed by atoms with Crippen molar-refractivity contribution in [2.24, 2.45) is 5.41 Å². The van der Waals surface area contributed by atoms with Crippen LogP contribution in [-0.2, 0) is 28.7 Å². The molecule has 0 spiro atoms. The van der Waals surface area contributed by atoms with Gasteiger partial charge in [0.25, 0.3) is 0 Å². The van der Waals surface area contributed by atoms with Gasteiger partial charge in [-0.3, -0.25) is 14.4 Å². The lowest BCUT2D eigenvalue weighted by atomic mass is 9.92. The van der Waals surface area contributed by atoms with Crippen LogP contribution >= 0.6 is 0 Å². The van der Waals surface area contributed by atoms with Crippen molar-refractivity contribution in [1.82, 2.24) is 0 Å². The molecule has 1 saturated heterocycles. The number of ketones is 3. The van der Waals surface area contributed by atoms with E-state index in [1.807, 2.05) is 32.3 Å². The number of Topliss-reactive ketones (excluding diaryl/α,β-unsaturated/α-hetero) is 2. The molecule has 11 heteroatoms. The van der Waals surface area contributed by atoms with Gasteiger partial charge in [0.05, 0.1) is 26.1 Å². The minimum absolute atomic E-state index is 0. The highest BCUT2D eigenvalue weighted by Crippen LogP contribution is 2.23. The highest BCUT2D eigenvalue weighted by atomic mass is 35.5. The average molecular weight is 580 g/mol. The number of hydrogen-bond donors (Lipinski definition) is 2. The fourth-order valence-corrected chi connectivity index (χ4v) is 3.07. The summed E-state index contributed by atoms with van der Waals surface area (Å²) < 4.78 is 14.3. The molecule has 1 aliphatic heterocycles. The van der Waals surface area contributed by atoms with Crippen LogP contribution in [0.1, 0.15) is 43.6 Å². The number of hydrogen-bond acceptors (Lipinski definition) is 9. The summed E-state index contributed by atoms with van der Waals surface area (Å²) in [6, 6.07) is 16.2. The summed E-state index contributed by atoms with van der Waals surface area (Å²) in [4.78, 5) is 54.8. The summed E-state index contributed by atoms with van der Waals surface area (Å²) in [7, 11) is 3.96. The number of rotatable bonds is 9. The van der Waals surface area contributed by atoms with Crippen molar-refractivity contribution in [1.29, 1.82) is 0 Å². The molecule has 0 aromatic heterocycles. The van der Waals surface area contributed by atoms with Crippen LogP contribution in [0.5, 0.6) is 5.75 Å². The number of benzene rings is 2. The Labute approximate surface area is 241 Å². The molecule has 0 saturated carbocycles. The van der Waals surface area contributed by atoms with Gasteiger partial charge in [-0.05, 0) is 45.0 Å². The second-order valence-electron chi connectivity index (χ2n) is 9.66. The molecule has 0 aliphatic carbocycles. The summed E-state index contributed by atoms with van der Waals surface area (Å²) >= 11 is 0. The van der Waals surface area contributed by atoms with Crippen LogP contribution in [0.3, 0.4) is 0 Å². The number of halogens is 1. The molecule has 1 fully saturated rings. The molecule has 0 amide bonds. The second kappa shape index (κ2) is 17.9. The van der Waals surface area contributed by atoms with Crippen LogP contribution in [-0.4, -0.2) is 81.0 Å². The Kier molecular flexibility index (Phi) is 16.3. The number of aliphatic hydroxyl groups is 1. The summed E-state index contributed by atoms with van der Waals surface area (Å²) in [5, 5.41) is 9.77. The molecule has 40 heavy (non-hydrogen) atoms. The van der Waals surface area contributed by atoms with Gasteiger partial charge in [-0.2, -0.15) is 0 Å². The Balaban J connectivity index is 0.000000697. The largest absolute Gasteiger partial charge is 1.00 e. The lowest BCUT2D eigenvalue weighted by Gasteiger charge is -2.14. The topological polar surface area (TPSA) is 138 Å². The van der Waals surface area contributed by atoms with E-state index in [0.717, 1.165) is 0 Å². The quantitative estimate of drug-likeness (QED) is 0.198. The Morgan fingerprint density at radius 1 is 1.00 bits per heavy atom. The Bertz CT molecular complexity index is 1120. The van der Waals surface area contributed by atoms with Gasteiger partial charge in [0.1, 0.15) is 31.6 Å². The number of nitrogens with one attached hydrogen (secondary N) is 1. The molecule has 1 atom stereocenters. The maximum Gasteiger partial charge on any atom is 0.375 e. The van der Waals surface area contributed by atoms with E-state index < -0.39 is 35.0 Å². The first-order valence-corrected chi connectivity index (χ1v) is 12.5. The van der Waals surface area contributed by atoms with Gasteiger partial charge < -0.3 is 36.6 Å². The van der Waals surface area contributed by atoms with E-state index in [0.29, 0.717) is 23.4 Å². The average Bonchev–Trinajstić information content (AvgIpc) is 3.14. The molecule has 220 valence electrons. The fourth-order valence-electron chi connectivity index (χ4n) is 3.07. The zero-order valence-electron chi connectivity index (χ0n) is 23.7. The van der Waals surface area contributed by atoms with Gasteiger partial charge in [-0.25, -0.2) is 9.59 Å². The molecule has 10 nitrogen and oxygen atoms in total. The van der Waals surface area contributed by atoms with E-state index in [1.165, 1.54) is 11.8 Å². The molecule has 2 aromatic carbocycles. The van der Waals surface area contributed by atoms with Crippen molar-refractivity contribution in [3.8, 4) is 5.75 Å². The SMILES string of the molecule is CC1(C)COC(=O)C1=O.CCOC(=O)C(C)=O.C[NH+](C)CC(O)COc1ccc(C(=O)c2ccccc2)cc1.[Cl-]. The van der Waals surface area contributed by atoms with Crippen LogP contribution in [0.2, 0.25) is 0 Å². The fraction of sp³-hybridized carbons (Fsp3) is 0.414. The van der Waals surface area contributed by atoms with Gasteiger partial charge in [-0.1, -0.05) is 30.3 Å². The lowest BCUT2D eigenvalue weighted by Crippen LogP contribution is -3.07. The normalized spacial score (nSPS) is 13.8. The first kappa shape index (κ1) is 36.4. The number of aliphatic hydroxyl groups excluding tert-OH is 1. The molecule has 0 radical (unpaired) electrons. The number of cyclic esters (lactones) is 1. The maximum atomic E-state index is 12.3. The molecular formula is C29H38ClNO9. The standard InChI is InChI=1S/C18H21NO3.C6H8O3.C5H8O3.ClH/c1-19(2)12-16(20)13-22-17-10-8-15(9-11-17)18(21)14-6-4-3-5-7-14;1-6(2)3-9-5(8)4(6)7;1-3-8-5(7)4(2)6;/h3-11,16,20H,12-13H2,1-2H3;3H2,1-2H3;3H2,1-2H3;1H. The van der Waals surface area contributed by atoms with Crippen LogP contribution in [0.4, 0.5) is 0 Å². The van der Waals surface area contributed by atoms with E-state index >= 15 is 0 Å². The van der Waals surface area contributed by atoms with Crippen LogP contribution in [0, 0.1) is 5.41 Å². The molecule has 1 unspecified atom stereocenters. The predicted molar refractivity (Wildman–Crippen MR) is 143 cm³/mol.